The summed E-state index contributed by atoms with van der Waals surface area (Å²) >= 11 is 0. The molecule has 0 aliphatic heterocycles. The second-order valence-electron chi connectivity index (χ2n) is 5.13. The summed E-state index contributed by atoms with van der Waals surface area (Å²) in [4.78, 5) is 4.61. The molecule has 0 saturated carbocycles. The summed E-state index contributed by atoms with van der Waals surface area (Å²) in [5, 5.41) is 0. The van der Waals surface area contributed by atoms with E-state index in [1.807, 2.05) is 31.3 Å². The van der Waals surface area contributed by atoms with Crippen molar-refractivity contribution in [2.45, 2.75) is 20.5 Å². The lowest BCUT2D eigenvalue weighted by Crippen LogP contribution is -2.04. The van der Waals surface area contributed by atoms with Gasteiger partial charge in [-0.1, -0.05) is 29.8 Å². The van der Waals surface area contributed by atoms with Crippen LogP contribution in [-0.2, 0) is 13.7 Å². The molecule has 0 spiro atoms. The topological polar surface area (TPSA) is 27.1 Å². The summed E-state index contributed by atoms with van der Waals surface area (Å²) in [6.07, 6.45) is 0. The maximum Gasteiger partial charge on any atom is 0.147 e. The van der Waals surface area contributed by atoms with Gasteiger partial charge in [-0.15, -0.1) is 0 Å². The Morgan fingerprint density at radius 1 is 1.10 bits per heavy atom. The Labute approximate surface area is 118 Å². The average molecular weight is 266 g/mol. The first kappa shape index (κ1) is 12.7. The fourth-order valence-electron chi connectivity index (χ4n) is 2.43. The number of benzene rings is 2. The molecule has 0 radical (unpaired) electrons. The third kappa shape index (κ3) is 2.27. The molecule has 0 bridgehead atoms. The van der Waals surface area contributed by atoms with Crippen molar-refractivity contribution in [1.82, 2.24) is 9.55 Å². The summed E-state index contributed by atoms with van der Waals surface area (Å²) in [5.41, 5.74) is 4.54. The first-order valence-electron chi connectivity index (χ1n) is 6.75. The Bertz CT molecular complexity index is 759. The molecular formula is C17H18N2O. The summed E-state index contributed by atoms with van der Waals surface area (Å²) in [6, 6.07) is 14.3. The maximum absolute atomic E-state index is 5.90. The monoisotopic (exact) mass is 266 g/mol. The van der Waals surface area contributed by atoms with Crippen LogP contribution in [0.15, 0.2) is 42.5 Å². The maximum atomic E-state index is 5.90. The molecular weight excluding hydrogens is 248 g/mol. The molecule has 1 aromatic heterocycles. The average Bonchev–Trinajstić information content (AvgIpc) is 2.75. The van der Waals surface area contributed by atoms with Gasteiger partial charge in [0.2, 0.25) is 0 Å². The highest BCUT2D eigenvalue weighted by molar-refractivity contribution is 5.75. The first-order valence-corrected chi connectivity index (χ1v) is 6.75. The zero-order chi connectivity index (χ0) is 14.1. The number of para-hydroxylation sites is 2. The van der Waals surface area contributed by atoms with Crippen LogP contribution in [0, 0.1) is 13.8 Å². The predicted octanol–water partition coefficient (Wildman–Crippen LogP) is 3.77. The van der Waals surface area contributed by atoms with Crippen LogP contribution in [0.4, 0.5) is 0 Å². The van der Waals surface area contributed by atoms with Gasteiger partial charge in [0.15, 0.2) is 0 Å². The highest BCUT2D eigenvalue weighted by Crippen LogP contribution is 2.21. The van der Waals surface area contributed by atoms with E-state index in [2.05, 4.69) is 41.6 Å². The van der Waals surface area contributed by atoms with E-state index >= 15 is 0 Å². The minimum atomic E-state index is 0.481. The fraction of sp³-hybridized carbons (Fsp3) is 0.235. The zero-order valence-corrected chi connectivity index (χ0v) is 12.1. The Morgan fingerprint density at radius 3 is 2.65 bits per heavy atom. The Balaban J connectivity index is 1.85. The summed E-state index contributed by atoms with van der Waals surface area (Å²) < 4.78 is 7.99. The molecule has 0 saturated heterocycles. The predicted molar refractivity (Wildman–Crippen MR) is 81.0 cm³/mol. The van der Waals surface area contributed by atoms with Gasteiger partial charge in [0.25, 0.3) is 0 Å². The lowest BCUT2D eigenvalue weighted by molar-refractivity contribution is 0.290. The quantitative estimate of drug-likeness (QED) is 0.721. The second kappa shape index (κ2) is 5.00. The third-order valence-corrected chi connectivity index (χ3v) is 3.57. The van der Waals surface area contributed by atoms with E-state index in [0.717, 1.165) is 28.2 Å². The molecule has 0 aliphatic carbocycles. The van der Waals surface area contributed by atoms with E-state index in [1.165, 1.54) is 5.56 Å². The number of ether oxygens (including phenoxy) is 1. The van der Waals surface area contributed by atoms with Crippen molar-refractivity contribution in [1.29, 1.82) is 0 Å². The van der Waals surface area contributed by atoms with Crippen LogP contribution in [0.25, 0.3) is 11.0 Å². The van der Waals surface area contributed by atoms with Crippen LogP contribution in [-0.4, -0.2) is 9.55 Å². The lowest BCUT2D eigenvalue weighted by Gasteiger charge is -2.09. The van der Waals surface area contributed by atoms with Gasteiger partial charge in [-0.05, 0) is 37.6 Å². The molecule has 0 fully saturated rings. The number of hydrogen-bond donors (Lipinski definition) is 0. The van der Waals surface area contributed by atoms with Crippen molar-refractivity contribution >= 4 is 11.0 Å². The Hall–Kier alpha value is -2.29. The molecule has 3 nitrogen and oxygen atoms in total. The van der Waals surface area contributed by atoms with Crippen molar-refractivity contribution in [2.24, 2.45) is 7.05 Å². The van der Waals surface area contributed by atoms with Gasteiger partial charge in [0, 0.05) is 7.05 Å². The number of rotatable bonds is 3. The molecule has 20 heavy (non-hydrogen) atoms. The zero-order valence-electron chi connectivity index (χ0n) is 12.1. The van der Waals surface area contributed by atoms with Crippen molar-refractivity contribution in [3.05, 3.63) is 59.4 Å². The van der Waals surface area contributed by atoms with Crippen LogP contribution < -0.4 is 4.74 Å². The van der Waals surface area contributed by atoms with Crippen molar-refractivity contribution in [3.8, 4) is 5.75 Å². The molecule has 102 valence electrons. The minimum absolute atomic E-state index is 0.481. The SMILES string of the molecule is Cc1ccc(OCc2nc3ccccc3n2C)c(C)c1. The number of aromatic nitrogens is 2. The van der Waals surface area contributed by atoms with Crippen LogP contribution in [0.1, 0.15) is 17.0 Å². The van der Waals surface area contributed by atoms with Gasteiger partial charge in [-0.3, -0.25) is 0 Å². The Kier molecular flexibility index (Phi) is 3.18. The van der Waals surface area contributed by atoms with Gasteiger partial charge in [0.1, 0.15) is 18.2 Å². The van der Waals surface area contributed by atoms with Gasteiger partial charge >= 0.3 is 0 Å². The highest BCUT2D eigenvalue weighted by Gasteiger charge is 2.08. The van der Waals surface area contributed by atoms with Gasteiger partial charge in [-0.2, -0.15) is 0 Å². The molecule has 0 atom stereocenters. The van der Waals surface area contributed by atoms with Crippen molar-refractivity contribution < 1.29 is 4.74 Å². The van der Waals surface area contributed by atoms with Crippen LogP contribution in [0.2, 0.25) is 0 Å². The van der Waals surface area contributed by atoms with E-state index in [4.69, 9.17) is 4.74 Å². The molecule has 0 N–H and O–H groups in total. The van der Waals surface area contributed by atoms with Crippen LogP contribution in [0.3, 0.4) is 0 Å². The van der Waals surface area contributed by atoms with Crippen molar-refractivity contribution in [2.75, 3.05) is 0 Å². The number of hydrogen-bond acceptors (Lipinski definition) is 2. The highest BCUT2D eigenvalue weighted by atomic mass is 16.5. The number of imidazole rings is 1. The standard InChI is InChI=1S/C17H18N2O/c1-12-8-9-16(13(2)10-12)20-11-17-18-14-6-4-5-7-15(14)19(17)3/h4-10H,11H2,1-3H3. The van der Waals surface area contributed by atoms with Gasteiger partial charge < -0.3 is 9.30 Å². The second-order valence-corrected chi connectivity index (χ2v) is 5.13. The van der Waals surface area contributed by atoms with E-state index in [1.54, 1.807) is 0 Å². The minimum Gasteiger partial charge on any atom is -0.485 e. The first-order chi connectivity index (χ1) is 9.65. The van der Waals surface area contributed by atoms with Crippen molar-refractivity contribution in [3.63, 3.8) is 0 Å². The molecule has 0 amide bonds. The largest absolute Gasteiger partial charge is 0.485 e. The molecule has 2 aromatic carbocycles. The number of aryl methyl sites for hydroxylation is 3. The summed E-state index contributed by atoms with van der Waals surface area (Å²) in [5.74, 6) is 1.86. The van der Waals surface area contributed by atoms with E-state index < -0.39 is 0 Å². The number of fused-ring (bicyclic) bond motifs is 1. The summed E-state index contributed by atoms with van der Waals surface area (Å²) in [7, 11) is 2.02. The lowest BCUT2D eigenvalue weighted by atomic mass is 10.1. The number of nitrogens with zero attached hydrogens (tertiary/aromatic N) is 2. The van der Waals surface area contributed by atoms with Gasteiger partial charge in [0.05, 0.1) is 11.0 Å². The van der Waals surface area contributed by atoms with Gasteiger partial charge in [-0.25, -0.2) is 4.98 Å². The van der Waals surface area contributed by atoms with E-state index in [9.17, 15) is 0 Å². The van der Waals surface area contributed by atoms with Crippen LogP contribution in [0.5, 0.6) is 5.75 Å². The molecule has 3 rings (SSSR count). The smallest absolute Gasteiger partial charge is 0.147 e. The van der Waals surface area contributed by atoms with Crippen LogP contribution >= 0.6 is 0 Å². The third-order valence-electron chi connectivity index (χ3n) is 3.57. The molecule has 0 aliphatic rings. The van der Waals surface area contributed by atoms with E-state index in [-0.39, 0.29) is 0 Å². The normalized spacial score (nSPS) is 10.9. The molecule has 1 heterocycles. The van der Waals surface area contributed by atoms with E-state index in [0.29, 0.717) is 6.61 Å². The fourth-order valence-corrected chi connectivity index (χ4v) is 2.43. The Morgan fingerprint density at radius 2 is 1.90 bits per heavy atom. The molecule has 3 aromatic rings. The summed E-state index contributed by atoms with van der Waals surface area (Å²) in [6.45, 7) is 4.63. The molecule has 0 unspecified atom stereocenters. The molecule has 3 heteroatoms.